The van der Waals surface area contributed by atoms with Crippen molar-refractivity contribution >= 4 is 5.97 Å². The molecule has 0 radical (unpaired) electrons. The molecule has 0 aliphatic carbocycles. The fourth-order valence-corrected chi connectivity index (χ4v) is 1.38. The Morgan fingerprint density at radius 2 is 1.89 bits per heavy atom. The molecule has 7 heteroatoms. The summed E-state index contributed by atoms with van der Waals surface area (Å²) in [6.45, 7) is 3.34. The molecule has 0 bridgehead atoms. The second kappa shape index (κ2) is 6.31. The van der Waals surface area contributed by atoms with Gasteiger partial charge in [-0.25, -0.2) is 4.79 Å². The summed E-state index contributed by atoms with van der Waals surface area (Å²) in [6.07, 6.45) is -4.92. The fraction of sp³-hybridized carbons (Fsp3) is 0.417. The number of para-hydroxylation sites is 1. The monoisotopic (exact) mass is 278 g/mol. The Hall–Kier alpha value is -1.92. The third-order valence-corrected chi connectivity index (χ3v) is 1.99. The molecule has 1 aromatic rings. The fourth-order valence-electron chi connectivity index (χ4n) is 1.38. The molecule has 0 aliphatic heterocycles. The zero-order chi connectivity index (χ0) is 14.5. The van der Waals surface area contributed by atoms with Gasteiger partial charge in [0.15, 0.2) is 11.5 Å². The molecule has 0 amide bonds. The number of ether oxygens (including phenoxy) is 3. The molecular weight excluding hydrogens is 265 g/mol. The molecule has 0 fully saturated rings. The van der Waals surface area contributed by atoms with Crippen LogP contribution in [0.25, 0.3) is 0 Å². The molecule has 1 aromatic carbocycles. The van der Waals surface area contributed by atoms with Crippen molar-refractivity contribution in [1.82, 2.24) is 0 Å². The van der Waals surface area contributed by atoms with Crippen LogP contribution in [-0.2, 0) is 4.74 Å². The van der Waals surface area contributed by atoms with Crippen molar-refractivity contribution in [2.75, 3.05) is 13.2 Å². The summed E-state index contributed by atoms with van der Waals surface area (Å²) in [7, 11) is 0. The average Bonchev–Trinajstić information content (AvgIpc) is 2.30. The maximum absolute atomic E-state index is 12.4. The standard InChI is InChI=1S/C12H13F3O4/c1-3-17-9-7-5-6-8(11(16)18-4-2)10(9)19-12(13,14)15/h5-7H,3-4H2,1-2H3. The zero-order valence-corrected chi connectivity index (χ0v) is 10.4. The van der Waals surface area contributed by atoms with E-state index < -0.39 is 18.1 Å². The Morgan fingerprint density at radius 3 is 2.42 bits per heavy atom. The van der Waals surface area contributed by atoms with Crippen LogP contribution < -0.4 is 9.47 Å². The van der Waals surface area contributed by atoms with E-state index in [2.05, 4.69) is 9.47 Å². The Balaban J connectivity index is 3.21. The van der Waals surface area contributed by atoms with Gasteiger partial charge in [-0.15, -0.1) is 13.2 Å². The summed E-state index contributed by atoms with van der Waals surface area (Å²) in [4.78, 5) is 11.6. The number of carbonyl (C=O) groups excluding carboxylic acids is 1. The summed E-state index contributed by atoms with van der Waals surface area (Å²) < 4.78 is 50.6. The number of esters is 1. The molecule has 0 spiro atoms. The van der Waals surface area contributed by atoms with Gasteiger partial charge in [-0.2, -0.15) is 0 Å². The SMILES string of the molecule is CCOC(=O)c1cccc(OCC)c1OC(F)(F)F. The molecule has 0 atom stereocenters. The minimum atomic E-state index is -4.92. The highest BCUT2D eigenvalue weighted by atomic mass is 19.4. The molecule has 0 heterocycles. The molecule has 106 valence electrons. The molecule has 0 unspecified atom stereocenters. The zero-order valence-electron chi connectivity index (χ0n) is 10.4. The van der Waals surface area contributed by atoms with E-state index in [1.807, 2.05) is 0 Å². The van der Waals surface area contributed by atoms with Crippen LogP contribution in [0.4, 0.5) is 13.2 Å². The number of hydrogen-bond acceptors (Lipinski definition) is 4. The van der Waals surface area contributed by atoms with Gasteiger partial charge in [0, 0.05) is 0 Å². The largest absolute Gasteiger partial charge is 0.573 e. The van der Waals surface area contributed by atoms with Crippen LogP contribution in [0.5, 0.6) is 11.5 Å². The Labute approximate surface area is 108 Å². The first kappa shape index (κ1) is 15.1. The molecule has 4 nitrogen and oxygen atoms in total. The molecule has 1 rings (SSSR count). The van der Waals surface area contributed by atoms with E-state index in [0.717, 1.165) is 0 Å². The Morgan fingerprint density at radius 1 is 1.21 bits per heavy atom. The maximum Gasteiger partial charge on any atom is 0.573 e. The number of alkyl halides is 3. The van der Waals surface area contributed by atoms with Gasteiger partial charge in [0.25, 0.3) is 0 Å². The van der Waals surface area contributed by atoms with E-state index in [-0.39, 0.29) is 24.5 Å². The molecule has 19 heavy (non-hydrogen) atoms. The van der Waals surface area contributed by atoms with Gasteiger partial charge in [0.1, 0.15) is 5.56 Å². The highest BCUT2D eigenvalue weighted by Gasteiger charge is 2.35. The van der Waals surface area contributed by atoms with Gasteiger partial charge in [-0.3, -0.25) is 0 Å². The highest BCUT2D eigenvalue weighted by Crippen LogP contribution is 2.36. The summed E-state index contributed by atoms with van der Waals surface area (Å²) in [5, 5.41) is 0. The predicted octanol–water partition coefficient (Wildman–Crippen LogP) is 3.16. The summed E-state index contributed by atoms with van der Waals surface area (Å²) in [6, 6.07) is 3.86. The van der Waals surface area contributed by atoms with E-state index in [0.29, 0.717) is 0 Å². The van der Waals surface area contributed by atoms with Crippen LogP contribution >= 0.6 is 0 Å². The van der Waals surface area contributed by atoms with Crippen LogP contribution in [0.2, 0.25) is 0 Å². The number of benzene rings is 1. The normalized spacial score (nSPS) is 11.0. The van der Waals surface area contributed by atoms with Crippen molar-refractivity contribution < 1.29 is 32.2 Å². The van der Waals surface area contributed by atoms with Gasteiger partial charge in [-0.05, 0) is 26.0 Å². The lowest BCUT2D eigenvalue weighted by Crippen LogP contribution is -2.20. The van der Waals surface area contributed by atoms with Gasteiger partial charge >= 0.3 is 12.3 Å². The predicted molar refractivity (Wildman–Crippen MR) is 60.3 cm³/mol. The summed E-state index contributed by atoms with van der Waals surface area (Å²) in [5.74, 6) is -1.75. The van der Waals surface area contributed by atoms with E-state index >= 15 is 0 Å². The molecule has 0 aromatic heterocycles. The van der Waals surface area contributed by atoms with E-state index in [4.69, 9.17) is 4.74 Å². The smallest absolute Gasteiger partial charge is 0.490 e. The first-order valence-electron chi connectivity index (χ1n) is 5.57. The van der Waals surface area contributed by atoms with Crippen molar-refractivity contribution in [2.24, 2.45) is 0 Å². The van der Waals surface area contributed by atoms with Crippen molar-refractivity contribution in [1.29, 1.82) is 0 Å². The van der Waals surface area contributed by atoms with E-state index in [1.54, 1.807) is 13.8 Å². The van der Waals surface area contributed by atoms with Gasteiger partial charge in [-0.1, -0.05) is 6.07 Å². The number of hydrogen-bond donors (Lipinski definition) is 0. The van der Waals surface area contributed by atoms with Crippen LogP contribution in [-0.4, -0.2) is 25.5 Å². The lowest BCUT2D eigenvalue weighted by molar-refractivity contribution is -0.275. The molecular formula is C12H13F3O4. The number of rotatable bonds is 5. The minimum absolute atomic E-state index is 0.0448. The van der Waals surface area contributed by atoms with Crippen molar-refractivity contribution in [3.63, 3.8) is 0 Å². The van der Waals surface area contributed by atoms with Crippen molar-refractivity contribution in [3.8, 4) is 11.5 Å². The van der Waals surface area contributed by atoms with Crippen LogP contribution in [0.1, 0.15) is 24.2 Å². The Bertz CT molecular complexity index is 443. The Kier molecular flexibility index (Phi) is 5.02. The van der Waals surface area contributed by atoms with Crippen LogP contribution in [0, 0.1) is 0 Å². The van der Waals surface area contributed by atoms with Gasteiger partial charge < -0.3 is 14.2 Å². The highest BCUT2D eigenvalue weighted by molar-refractivity contribution is 5.93. The second-order valence-electron chi connectivity index (χ2n) is 3.33. The lowest BCUT2D eigenvalue weighted by Gasteiger charge is -2.16. The third kappa shape index (κ3) is 4.35. The lowest BCUT2D eigenvalue weighted by atomic mass is 10.2. The first-order valence-corrected chi connectivity index (χ1v) is 5.57. The quantitative estimate of drug-likeness (QED) is 0.776. The topological polar surface area (TPSA) is 44.8 Å². The van der Waals surface area contributed by atoms with Crippen LogP contribution in [0.15, 0.2) is 18.2 Å². The average molecular weight is 278 g/mol. The number of halogens is 3. The molecule has 0 saturated carbocycles. The first-order chi connectivity index (χ1) is 8.89. The maximum atomic E-state index is 12.4. The second-order valence-corrected chi connectivity index (χ2v) is 3.33. The molecule has 0 aliphatic rings. The van der Waals surface area contributed by atoms with Gasteiger partial charge in [0.05, 0.1) is 13.2 Å². The molecule has 0 saturated heterocycles. The summed E-state index contributed by atoms with van der Waals surface area (Å²) in [5.41, 5.74) is -0.329. The van der Waals surface area contributed by atoms with Gasteiger partial charge in [0.2, 0.25) is 0 Å². The number of carbonyl (C=O) groups is 1. The van der Waals surface area contributed by atoms with E-state index in [1.165, 1.54) is 18.2 Å². The van der Waals surface area contributed by atoms with Crippen molar-refractivity contribution in [2.45, 2.75) is 20.2 Å². The minimum Gasteiger partial charge on any atom is -0.490 e. The third-order valence-electron chi connectivity index (χ3n) is 1.99. The summed E-state index contributed by atoms with van der Waals surface area (Å²) >= 11 is 0. The van der Waals surface area contributed by atoms with E-state index in [9.17, 15) is 18.0 Å². The van der Waals surface area contributed by atoms with Crippen molar-refractivity contribution in [3.05, 3.63) is 23.8 Å². The molecule has 0 N–H and O–H groups in total. The van der Waals surface area contributed by atoms with Crippen LogP contribution in [0.3, 0.4) is 0 Å².